The van der Waals surface area contributed by atoms with Gasteiger partial charge >= 0.3 is 6.09 Å². The molecule has 6 atom stereocenters. The van der Waals surface area contributed by atoms with Gasteiger partial charge in [-0.15, -0.1) is 6.58 Å². The molecule has 2 aliphatic heterocycles. The van der Waals surface area contributed by atoms with Gasteiger partial charge in [-0.1, -0.05) is 54.4 Å². The predicted molar refractivity (Wildman–Crippen MR) is 218 cm³/mol. The molecule has 316 valence electrons. The number of methoxy groups -OCH3 is 1. The third kappa shape index (κ3) is 8.78. The second-order valence-electron chi connectivity index (χ2n) is 15.4. The number of unbranched alkanes of at least 4 members (excludes halogenated alkanes) is 2. The van der Waals surface area contributed by atoms with Gasteiger partial charge in [0.1, 0.15) is 36.6 Å². The van der Waals surface area contributed by atoms with Crippen LogP contribution < -0.4 is 18.9 Å². The summed E-state index contributed by atoms with van der Waals surface area (Å²) < 4.78 is 52.0. The van der Waals surface area contributed by atoms with Gasteiger partial charge in [-0.3, -0.25) is 4.90 Å². The summed E-state index contributed by atoms with van der Waals surface area (Å²) in [7, 11) is 1.35. The molecule has 0 bridgehead atoms. The number of benzene rings is 3. The van der Waals surface area contributed by atoms with Crippen LogP contribution in [0.5, 0.6) is 23.0 Å². The summed E-state index contributed by atoms with van der Waals surface area (Å²) in [6.45, 7) is 6.73. The standard InChI is InChI=1S/C46H55FN2O10/c1-4-22-57-46-42(49(45(52)53-3)27-30-16-18-40-41(23-30)56-29-55-40)26-38(48-58-5-2)35-24-31(12-8-10-20-50)34(14-9-11-21-51)43(44(35)46)36-25-33(17-19-39(36)59-46)54-28-32-13-6-7-15-37(32)47/h4,6-7,13,15-19,23-25,31,34,42-44,50-51H,1,5,8-12,14,20-22,26-29H2,2-3H3/t31-,34+,42-,43+,44+,46+/m0/s1. The zero-order valence-electron chi connectivity index (χ0n) is 33.9. The van der Waals surface area contributed by atoms with E-state index in [1.54, 1.807) is 29.2 Å². The van der Waals surface area contributed by atoms with Crippen LogP contribution in [0.15, 0.2) is 90.1 Å². The molecule has 0 unspecified atom stereocenters. The first kappa shape index (κ1) is 42.0. The highest BCUT2D eigenvalue weighted by atomic mass is 19.1. The first-order valence-corrected chi connectivity index (χ1v) is 20.6. The van der Waals surface area contributed by atoms with Crippen LogP contribution in [0.2, 0.25) is 0 Å². The van der Waals surface area contributed by atoms with Gasteiger partial charge in [0.05, 0.1) is 25.3 Å². The van der Waals surface area contributed by atoms with Gasteiger partial charge in [0.2, 0.25) is 12.6 Å². The highest BCUT2D eigenvalue weighted by molar-refractivity contribution is 6.03. The van der Waals surface area contributed by atoms with Crippen molar-refractivity contribution in [2.45, 2.75) is 82.8 Å². The fraction of sp³-hybridized carbons (Fsp3) is 0.478. The number of aliphatic hydroxyl groups is 2. The summed E-state index contributed by atoms with van der Waals surface area (Å²) in [4.78, 5) is 21.7. The summed E-state index contributed by atoms with van der Waals surface area (Å²) >= 11 is 0. The zero-order valence-corrected chi connectivity index (χ0v) is 33.9. The van der Waals surface area contributed by atoms with Crippen LogP contribution in [0.4, 0.5) is 9.18 Å². The van der Waals surface area contributed by atoms with E-state index in [9.17, 15) is 19.4 Å². The largest absolute Gasteiger partial charge is 0.489 e. The topological polar surface area (TPSA) is 138 Å². The Labute approximate surface area is 345 Å². The molecule has 1 amide bonds. The van der Waals surface area contributed by atoms with Crippen molar-refractivity contribution in [2.75, 3.05) is 40.3 Å². The summed E-state index contributed by atoms with van der Waals surface area (Å²) in [6.07, 6.45) is 8.03. The number of allylic oxidation sites excluding steroid dienone is 1. The van der Waals surface area contributed by atoms with Gasteiger partial charge in [0.15, 0.2) is 11.5 Å². The number of carbonyl (C=O) groups excluding carboxylic acids is 1. The Balaban J connectivity index is 1.41. The molecule has 7 rings (SSSR count). The van der Waals surface area contributed by atoms with Crippen molar-refractivity contribution in [2.24, 2.45) is 22.9 Å². The van der Waals surface area contributed by atoms with E-state index < -0.39 is 23.8 Å². The van der Waals surface area contributed by atoms with Gasteiger partial charge < -0.3 is 43.5 Å². The number of amides is 1. The third-order valence-corrected chi connectivity index (χ3v) is 11.9. The third-order valence-electron chi connectivity index (χ3n) is 11.9. The Bertz CT molecular complexity index is 2010. The van der Waals surface area contributed by atoms with E-state index in [1.807, 2.05) is 43.3 Å². The van der Waals surface area contributed by atoms with Crippen LogP contribution in [-0.4, -0.2) is 79.1 Å². The molecule has 0 saturated heterocycles. The number of fused-ring (bicyclic) bond motifs is 3. The zero-order chi connectivity index (χ0) is 41.4. The highest BCUT2D eigenvalue weighted by Crippen LogP contribution is 2.62. The van der Waals surface area contributed by atoms with Crippen molar-refractivity contribution < 1.29 is 52.7 Å². The smallest absolute Gasteiger partial charge is 0.410 e. The van der Waals surface area contributed by atoms with E-state index >= 15 is 0 Å². The molecule has 1 fully saturated rings. The van der Waals surface area contributed by atoms with Crippen LogP contribution in [0, 0.1) is 23.6 Å². The quantitative estimate of drug-likeness (QED) is 0.0695. The van der Waals surface area contributed by atoms with E-state index in [1.165, 1.54) is 13.2 Å². The molecule has 0 spiro atoms. The lowest BCUT2D eigenvalue weighted by atomic mass is 9.55. The maximum Gasteiger partial charge on any atom is 0.410 e. The molecule has 1 saturated carbocycles. The average Bonchev–Trinajstić information content (AvgIpc) is 3.73. The average molecular weight is 815 g/mol. The highest BCUT2D eigenvalue weighted by Gasteiger charge is 2.65. The molecule has 0 radical (unpaired) electrons. The number of rotatable bonds is 19. The normalized spacial score (nSPS) is 24.3. The monoisotopic (exact) mass is 814 g/mol. The fourth-order valence-corrected chi connectivity index (χ4v) is 9.31. The van der Waals surface area contributed by atoms with Crippen LogP contribution >= 0.6 is 0 Å². The molecule has 3 aromatic carbocycles. The van der Waals surface area contributed by atoms with Crippen LogP contribution in [-0.2, 0) is 27.5 Å². The lowest BCUT2D eigenvalue weighted by Gasteiger charge is -2.59. The Morgan fingerprint density at radius 1 is 1.02 bits per heavy atom. The Morgan fingerprint density at radius 2 is 1.80 bits per heavy atom. The molecule has 59 heavy (non-hydrogen) atoms. The van der Waals surface area contributed by atoms with Gasteiger partial charge in [-0.25, -0.2) is 9.18 Å². The van der Waals surface area contributed by atoms with E-state index in [4.69, 9.17) is 38.4 Å². The number of halogens is 1. The molecule has 13 heteroatoms. The summed E-state index contributed by atoms with van der Waals surface area (Å²) in [5.74, 6) is -0.227. The lowest BCUT2D eigenvalue weighted by Crippen LogP contribution is -2.70. The minimum atomic E-state index is -1.48. The van der Waals surface area contributed by atoms with Gasteiger partial charge in [-0.05, 0) is 92.0 Å². The number of nitrogens with zero attached hydrogens (tertiary/aromatic N) is 2. The van der Waals surface area contributed by atoms with Gasteiger partial charge in [0, 0.05) is 43.2 Å². The van der Waals surface area contributed by atoms with Crippen molar-refractivity contribution in [3.8, 4) is 23.0 Å². The Morgan fingerprint density at radius 3 is 2.56 bits per heavy atom. The van der Waals surface area contributed by atoms with Crippen LogP contribution in [0.3, 0.4) is 0 Å². The first-order chi connectivity index (χ1) is 28.8. The number of oxime groups is 1. The molecule has 4 aliphatic rings. The van der Waals surface area contributed by atoms with Crippen LogP contribution in [0.25, 0.3) is 0 Å². The van der Waals surface area contributed by atoms with Crippen molar-refractivity contribution in [1.82, 2.24) is 4.90 Å². The lowest BCUT2D eigenvalue weighted by molar-refractivity contribution is -0.256. The first-order valence-electron chi connectivity index (χ1n) is 20.6. The van der Waals surface area contributed by atoms with Gasteiger partial charge in [0.25, 0.3) is 0 Å². The molecule has 2 N–H and O–H groups in total. The SMILES string of the molecule is C=CCO[C@@]12Oc3ccc(OCc4ccccc4F)cc3[C@H]3[C@H](CCCCO)[C@@H](CCCCO)C=C(C(=NOCC)C[C@@H]1N(Cc1ccc4c(c1)OCO4)C(=O)OC)[C@H]32. The molecular formula is C46H55FN2O10. The Kier molecular flexibility index (Phi) is 13.8. The second-order valence-corrected chi connectivity index (χ2v) is 15.4. The molecule has 3 aromatic rings. The number of ether oxygens (including phenoxy) is 6. The summed E-state index contributed by atoms with van der Waals surface area (Å²) in [5, 5.41) is 24.5. The second kappa shape index (κ2) is 19.3. The fourth-order valence-electron chi connectivity index (χ4n) is 9.31. The molecule has 12 nitrogen and oxygen atoms in total. The van der Waals surface area contributed by atoms with E-state index in [0.29, 0.717) is 53.7 Å². The van der Waals surface area contributed by atoms with E-state index in [-0.39, 0.29) is 69.8 Å². The maximum absolute atomic E-state index is 14.7. The summed E-state index contributed by atoms with van der Waals surface area (Å²) in [6, 6.07) is 17.0. The van der Waals surface area contributed by atoms with E-state index in [0.717, 1.165) is 42.4 Å². The number of carbonyl (C=O) groups is 1. The minimum Gasteiger partial charge on any atom is -0.489 e. The number of aliphatic hydroxyl groups excluding tert-OH is 2. The minimum absolute atomic E-state index is 0.0118. The predicted octanol–water partition coefficient (Wildman–Crippen LogP) is 8.06. The van der Waals surface area contributed by atoms with Crippen molar-refractivity contribution in [3.63, 3.8) is 0 Å². The van der Waals surface area contributed by atoms with Crippen molar-refractivity contribution in [1.29, 1.82) is 0 Å². The van der Waals surface area contributed by atoms with Crippen LogP contribution in [0.1, 0.15) is 74.5 Å². The Hall–Kier alpha value is -5.11. The molecular weight excluding hydrogens is 760 g/mol. The number of hydrogen-bond donors (Lipinski definition) is 2. The number of hydrogen-bond acceptors (Lipinski definition) is 11. The summed E-state index contributed by atoms with van der Waals surface area (Å²) in [5.41, 5.74) is 3.69. The maximum atomic E-state index is 14.7. The molecule has 2 aliphatic carbocycles. The van der Waals surface area contributed by atoms with Gasteiger partial charge in [-0.2, -0.15) is 0 Å². The van der Waals surface area contributed by atoms with Crippen molar-refractivity contribution >= 4 is 11.8 Å². The van der Waals surface area contributed by atoms with Crippen molar-refractivity contribution in [3.05, 3.63) is 107 Å². The molecule has 0 aromatic heterocycles. The van der Waals surface area contributed by atoms with E-state index in [2.05, 4.69) is 12.7 Å². The molecule has 2 heterocycles.